The van der Waals surface area contributed by atoms with E-state index in [9.17, 15) is 13.5 Å². The molecule has 4 nitrogen and oxygen atoms in total. The summed E-state index contributed by atoms with van der Waals surface area (Å²) in [7, 11) is -3.49. The monoisotopic (exact) mass is 375 g/mol. The van der Waals surface area contributed by atoms with Gasteiger partial charge in [-0.05, 0) is 48.9 Å². The minimum Gasteiger partial charge on any atom is -0.392 e. The third-order valence-corrected chi connectivity index (χ3v) is 7.16. The molecular formula is C15H22BrNO3S. The van der Waals surface area contributed by atoms with Crippen LogP contribution in [-0.2, 0) is 16.6 Å². The number of hydrogen-bond donors (Lipinski definition) is 1. The lowest BCUT2D eigenvalue weighted by Gasteiger charge is -2.31. The van der Waals surface area contributed by atoms with Crippen LogP contribution in [0.2, 0.25) is 0 Å². The summed E-state index contributed by atoms with van der Waals surface area (Å²) >= 11 is 3.38. The van der Waals surface area contributed by atoms with Crippen molar-refractivity contribution < 1.29 is 13.5 Å². The van der Waals surface area contributed by atoms with Crippen molar-refractivity contribution in [3.05, 3.63) is 27.7 Å². The number of halogens is 1. The van der Waals surface area contributed by atoms with Crippen molar-refractivity contribution in [2.45, 2.75) is 44.6 Å². The van der Waals surface area contributed by atoms with E-state index < -0.39 is 10.0 Å². The van der Waals surface area contributed by atoms with Crippen molar-refractivity contribution in [2.24, 2.45) is 5.92 Å². The SMILES string of the molecule is CCC1CCN(S(=O)(=O)c2cc(CO)cc(Br)c2C)CC1. The summed E-state index contributed by atoms with van der Waals surface area (Å²) in [6.45, 7) is 4.94. The van der Waals surface area contributed by atoms with Crippen LogP contribution in [0.4, 0.5) is 0 Å². The second-order valence-corrected chi connectivity index (χ2v) is 8.38. The molecule has 0 aromatic heterocycles. The van der Waals surface area contributed by atoms with E-state index in [4.69, 9.17) is 0 Å². The summed E-state index contributed by atoms with van der Waals surface area (Å²) in [4.78, 5) is 0.302. The summed E-state index contributed by atoms with van der Waals surface area (Å²) in [5.41, 5.74) is 1.30. The first-order valence-corrected chi connectivity index (χ1v) is 9.53. The first kappa shape index (κ1) is 16.9. The molecule has 1 N–H and O–H groups in total. The molecule has 6 heteroatoms. The van der Waals surface area contributed by atoms with E-state index in [1.165, 1.54) is 0 Å². The Morgan fingerprint density at radius 1 is 1.33 bits per heavy atom. The van der Waals surface area contributed by atoms with Crippen LogP contribution in [0.15, 0.2) is 21.5 Å². The van der Waals surface area contributed by atoms with Crippen LogP contribution in [0.5, 0.6) is 0 Å². The average Bonchev–Trinajstić information content (AvgIpc) is 2.49. The number of benzene rings is 1. The summed E-state index contributed by atoms with van der Waals surface area (Å²) in [5, 5.41) is 9.29. The Morgan fingerprint density at radius 3 is 2.48 bits per heavy atom. The van der Waals surface area contributed by atoms with Crippen molar-refractivity contribution >= 4 is 26.0 Å². The number of nitrogens with zero attached hydrogens (tertiary/aromatic N) is 1. The molecule has 1 heterocycles. The number of hydrogen-bond acceptors (Lipinski definition) is 3. The second kappa shape index (κ2) is 6.77. The zero-order chi connectivity index (χ0) is 15.6. The van der Waals surface area contributed by atoms with Crippen LogP contribution in [-0.4, -0.2) is 30.9 Å². The summed E-state index contributed by atoms with van der Waals surface area (Å²) in [6, 6.07) is 3.35. The van der Waals surface area contributed by atoms with Crippen molar-refractivity contribution in [2.75, 3.05) is 13.1 Å². The lowest BCUT2D eigenvalue weighted by atomic mass is 9.96. The fourth-order valence-electron chi connectivity index (χ4n) is 2.76. The standard InChI is InChI=1S/C15H22BrNO3S/c1-3-12-4-6-17(7-5-12)21(19,20)15-9-13(10-18)8-14(16)11(15)2/h8-9,12,18H,3-7,10H2,1-2H3. The number of aliphatic hydroxyl groups excluding tert-OH is 1. The Bertz CT molecular complexity index is 608. The first-order valence-electron chi connectivity index (χ1n) is 7.30. The van der Waals surface area contributed by atoms with Gasteiger partial charge in [0.15, 0.2) is 0 Å². The molecule has 0 amide bonds. The smallest absolute Gasteiger partial charge is 0.243 e. The molecule has 1 aromatic carbocycles. The Hall–Kier alpha value is -0.430. The van der Waals surface area contributed by atoms with Gasteiger partial charge in [-0.1, -0.05) is 29.3 Å². The lowest BCUT2D eigenvalue weighted by molar-refractivity contribution is 0.268. The van der Waals surface area contributed by atoms with Crippen molar-refractivity contribution in [1.82, 2.24) is 4.31 Å². The Kier molecular flexibility index (Phi) is 5.46. The van der Waals surface area contributed by atoms with E-state index in [2.05, 4.69) is 22.9 Å². The molecular weight excluding hydrogens is 354 g/mol. The molecule has 2 rings (SSSR count). The predicted octanol–water partition coefficient (Wildman–Crippen LogP) is 3.06. The molecule has 0 unspecified atom stereocenters. The lowest BCUT2D eigenvalue weighted by Crippen LogP contribution is -2.38. The molecule has 1 aromatic rings. The highest BCUT2D eigenvalue weighted by Crippen LogP contribution is 2.30. The maximum absolute atomic E-state index is 12.8. The highest BCUT2D eigenvalue weighted by atomic mass is 79.9. The van der Waals surface area contributed by atoms with Crippen LogP contribution in [0.1, 0.15) is 37.3 Å². The normalized spacial score (nSPS) is 18.1. The van der Waals surface area contributed by atoms with Crippen molar-refractivity contribution in [3.8, 4) is 0 Å². The van der Waals surface area contributed by atoms with E-state index in [-0.39, 0.29) is 6.61 Å². The third kappa shape index (κ3) is 3.50. The van der Waals surface area contributed by atoms with Gasteiger partial charge in [0, 0.05) is 17.6 Å². The molecule has 0 spiro atoms. The number of piperidine rings is 1. The van der Waals surface area contributed by atoms with Gasteiger partial charge in [0.25, 0.3) is 0 Å². The Morgan fingerprint density at radius 2 is 1.95 bits per heavy atom. The molecule has 1 aliphatic rings. The van der Waals surface area contributed by atoms with Gasteiger partial charge in [-0.3, -0.25) is 0 Å². The van der Waals surface area contributed by atoms with Crippen LogP contribution in [0, 0.1) is 12.8 Å². The Labute approximate surface area is 135 Å². The van der Waals surface area contributed by atoms with Crippen molar-refractivity contribution in [1.29, 1.82) is 0 Å². The fraction of sp³-hybridized carbons (Fsp3) is 0.600. The molecule has 0 atom stereocenters. The maximum atomic E-state index is 12.8. The molecule has 1 saturated heterocycles. The van der Waals surface area contributed by atoms with Gasteiger partial charge >= 0.3 is 0 Å². The quantitative estimate of drug-likeness (QED) is 0.879. The molecule has 118 valence electrons. The molecule has 0 radical (unpaired) electrons. The van der Waals surface area contributed by atoms with Gasteiger partial charge in [-0.2, -0.15) is 4.31 Å². The summed E-state index contributed by atoms with van der Waals surface area (Å²) in [6.07, 6.45) is 2.96. The first-order chi connectivity index (χ1) is 9.90. The average molecular weight is 376 g/mol. The van der Waals surface area contributed by atoms with E-state index in [0.29, 0.717) is 35.0 Å². The van der Waals surface area contributed by atoms with Gasteiger partial charge in [0.05, 0.1) is 11.5 Å². The molecule has 1 fully saturated rings. The number of aliphatic hydroxyl groups is 1. The van der Waals surface area contributed by atoms with Gasteiger partial charge in [0.2, 0.25) is 10.0 Å². The topological polar surface area (TPSA) is 57.6 Å². The zero-order valence-electron chi connectivity index (χ0n) is 12.5. The molecule has 1 aliphatic heterocycles. The highest BCUT2D eigenvalue weighted by molar-refractivity contribution is 9.10. The molecule has 21 heavy (non-hydrogen) atoms. The van der Waals surface area contributed by atoms with Crippen LogP contribution < -0.4 is 0 Å². The van der Waals surface area contributed by atoms with Crippen LogP contribution in [0.25, 0.3) is 0 Å². The fourth-order valence-corrected chi connectivity index (χ4v) is 5.17. The largest absolute Gasteiger partial charge is 0.392 e. The predicted molar refractivity (Wildman–Crippen MR) is 86.6 cm³/mol. The number of rotatable bonds is 4. The third-order valence-electron chi connectivity index (χ3n) is 4.31. The van der Waals surface area contributed by atoms with Gasteiger partial charge in [-0.25, -0.2) is 8.42 Å². The van der Waals surface area contributed by atoms with E-state index in [1.807, 2.05) is 0 Å². The van der Waals surface area contributed by atoms with Gasteiger partial charge in [0.1, 0.15) is 0 Å². The highest BCUT2D eigenvalue weighted by Gasteiger charge is 2.30. The molecule has 0 aliphatic carbocycles. The summed E-state index contributed by atoms with van der Waals surface area (Å²) < 4.78 is 28.0. The van der Waals surface area contributed by atoms with Gasteiger partial charge in [-0.15, -0.1) is 0 Å². The zero-order valence-corrected chi connectivity index (χ0v) is 14.9. The van der Waals surface area contributed by atoms with Crippen LogP contribution >= 0.6 is 15.9 Å². The minimum atomic E-state index is -3.49. The minimum absolute atomic E-state index is 0.167. The van der Waals surface area contributed by atoms with Crippen molar-refractivity contribution in [3.63, 3.8) is 0 Å². The van der Waals surface area contributed by atoms with E-state index in [1.54, 1.807) is 23.4 Å². The molecule has 0 bridgehead atoms. The van der Waals surface area contributed by atoms with Crippen LogP contribution in [0.3, 0.4) is 0 Å². The second-order valence-electron chi connectivity index (χ2n) is 5.61. The number of sulfonamides is 1. The van der Waals surface area contributed by atoms with Gasteiger partial charge < -0.3 is 5.11 Å². The maximum Gasteiger partial charge on any atom is 0.243 e. The molecule has 0 saturated carbocycles. The van der Waals surface area contributed by atoms with E-state index >= 15 is 0 Å². The Balaban J connectivity index is 2.34. The van der Waals surface area contributed by atoms with E-state index in [0.717, 1.165) is 23.7 Å². The summed E-state index contributed by atoms with van der Waals surface area (Å²) in [5.74, 6) is 0.632.